The molecule has 3 aliphatic rings. The van der Waals surface area contributed by atoms with E-state index < -0.39 is 0 Å². The molecule has 4 heterocycles. The van der Waals surface area contributed by atoms with Crippen LogP contribution >= 0.6 is 11.6 Å². The van der Waals surface area contributed by atoms with Crippen molar-refractivity contribution >= 4 is 23.3 Å². The molecule has 0 spiro atoms. The Bertz CT molecular complexity index is 1240. The van der Waals surface area contributed by atoms with E-state index in [0.29, 0.717) is 56.4 Å². The zero-order valence-corrected chi connectivity index (χ0v) is 24.1. The number of likely N-dealkylation sites (tertiary alicyclic amines) is 1. The summed E-state index contributed by atoms with van der Waals surface area (Å²) < 4.78 is 6.21. The van der Waals surface area contributed by atoms with Crippen LogP contribution in [0.3, 0.4) is 0 Å². The first kappa shape index (κ1) is 27.7. The van der Waals surface area contributed by atoms with Crippen molar-refractivity contribution in [2.75, 3.05) is 38.2 Å². The zero-order chi connectivity index (χ0) is 27.8. The predicted octanol–water partition coefficient (Wildman–Crippen LogP) is 3.74. The highest BCUT2D eigenvalue weighted by molar-refractivity contribution is 6.31. The Morgan fingerprint density at radius 3 is 2.64 bits per heavy atom. The number of nitrogens with zero attached hydrogens (tertiary/aromatic N) is 6. The first-order valence-electron chi connectivity index (χ1n) is 13.8. The minimum atomic E-state index is -0.0446. The number of carbonyl (C=O) groups excluding carboxylic acids is 1. The average molecular weight is 555 g/mol. The van der Waals surface area contributed by atoms with Crippen molar-refractivity contribution in [3.05, 3.63) is 52.2 Å². The lowest BCUT2D eigenvalue weighted by Crippen LogP contribution is -2.58. The number of carbonyl (C=O) groups is 1. The van der Waals surface area contributed by atoms with Crippen molar-refractivity contribution < 1.29 is 14.6 Å². The van der Waals surface area contributed by atoms with E-state index in [-0.39, 0.29) is 23.7 Å². The maximum Gasteiger partial charge on any atom is 0.318 e. The number of likely N-dealkylation sites (N-methyl/N-ethyl adjacent to an activating group) is 1. The maximum atomic E-state index is 12.5. The fourth-order valence-corrected chi connectivity index (χ4v) is 6.51. The summed E-state index contributed by atoms with van der Waals surface area (Å²) in [6.45, 7) is 14.6. The summed E-state index contributed by atoms with van der Waals surface area (Å²) in [5.41, 5.74) is 3.74. The highest BCUT2D eigenvalue weighted by Gasteiger charge is 2.36. The molecule has 10 heteroatoms. The summed E-state index contributed by atoms with van der Waals surface area (Å²) in [5, 5.41) is 10.9. The molecule has 0 bridgehead atoms. The summed E-state index contributed by atoms with van der Waals surface area (Å²) in [6, 6.07) is 4.16. The lowest BCUT2D eigenvalue weighted by Gasteiger charge is -2.45. The van der Waals surface area contributed by atoms with Gasteiger partial charge >= 0.3 is 6.01 Å². The summed E-state index contributed by atoms with van der Waals surface area (Å²) in [7, 11) is 2.13. The Morgan fingerprint density at radius 1 is 1.23 bits per heavy atom. The van der Waals surface area contributed by atoms with Crippen LogP contribution < -0.4 is 9.64 Å². The topological polar surface area (TPSA) is 85.3 Å². The van der Waals surface area contributed by atoms with Gasteiger partial charge in [0.05, 0.1) is 5.69 Å². The lowest BCUT2D eigenvalue weighted by atomic mass is 10.1. The quantitative estimate of drug-likeness (QED) is 0.518. The third kappa shape index (κ3) is 5.58. The Kier molecular flexibility index (Phi) is 8.03. The van der Waals surface area contributed by atoms with Crippen LogP contribution in [0.15, 0.2) is 24.8 Å². The number of halogens is 1. The first-order valence-corrected chi connectivity index (χ1v) is 14.2. The van der Waals surface area contributed by atoms with Crippen LogP contribution in [-0.2, 0) is 24.4 Å². The van der Waals surface area contributed by atoms with Gasteiger partial charge in [0.15, 0.2) is 0 Å². The number of aromatic nitrogens is 2. The van der Waals surface area contributed by atoms with E-state index >= 15 is 0 Å². The van der Waals surface area contributed by atoms with Gasteiger partial charge in [-0.25, -0.2) is 0 Å². The van der Waals surface area contributed by atoms with Crippen LogP contribution in [0.4, 0.5) is 5.82 Å². The number of amides is 1. The third-order valence-electron chi connectivity index (χ3n) is 8.42. The van der Waals surface area contributed by atoms with Gasteiger partial charge in [-0.15, -0.1) is 0 Å². The van der Waals surface area contributed by atoms with Crippen molar-refractivity contribution in [3.63, 3.8) is 0 Å². The number of ether oxygens (including phenoxy) is 1. The smallest absolute Gasteiger partial charge is 0.318 e. The molecule has 9 nitrogen and oxygen atoms in total. The molecule has 3 atom stereocenters. The number of rotatable bonds is 7. The number of piperazine rings is 1. The van der Waals surface area contributed by atoms with Crippen molar-refractivity contribution in [1.29, 1.82) is 0 Å². The van der Waals surface area contributed by atoms with E-state index in [1.165, 1.54) is 12.5 Å². The highest BCUT2D eigenvalue weighted by atomic mass is 35.5. The van der Waals surface area contributed by atoms with E-state index in [2.05, 4.69) is 42.2 Å². The van der Waals surface area contributed by atoms with E-state index in [1.807, 2.05) is 11.8 Å². The molecule has 5 rings (SSSR count). The number of benzene rings is 1. The van der Waals surface area contributed by atoms with Crippen LogP contribution in [0.25, 0.3) is 0 Å². The van der Waals surface area contributed by atoms with Gasteiger partial charge in [-0.1, -0.05) is 18.2 Å². The standard InChI is InChI=1S/C29H39ClN6O3/c1-6-27(38)36-18(2)12-35(13-19(36)3)28-23-15-34(14-22-20(4)26(37)10-9-24(22)30)16-25(23)31-29(32-28)39-17-21-8-7-11-33(21)5/h6,9-10,18-19,21,37H,1,7-8,11-17H2,2-5H3/t18-,19-,21+/m1/s1. The molecule has 0 unspecified atom stereocenters. The fourth-order valence-electron chi connectivity index (χ4n) is 6.24. The molecule has 39 heavy (non-hydrogen) atoms. The van der Waals surface area contributed by atoms with Gasteiger partial charge < -0.3 is 24.5 Å². The number of phenolic OH excluding ortho intramolecular Hbond substituents is 1. The van der Waals surface area contributed by atoms with Gasteiger partial charge in [0.2, 0.25) is 5.91 Å². The van der Waals surface area contributed by atoms with Crippen LogP contribution in [0, 0.1) is 6.92 Å². The molecule has 2 saturated heterocycles. The monoisotopic (exact) mass is 554 g/mol. The number of fused-ring (bicyclic) bond motifs is 1. The molecule has 0 saturated carbocycles. The van der Waals surface area contributed by atoms with Crippen LogP contribution in [0.1, 0.15) is 49.1 Å². The van der Waals surface area contributed by atoms with Crippen molar-refractivity contribution in [2.24, 2.45) is 0 Å². The molecular weight excluding hydrogens is 516 g/mol. The Morgan fingerprint density at radius 2 is 1.97 bits per heavy atom. The normalized spacial score (nSPS) is 23.8. The van der Waals surface area contributed by atoms with Crippen molar-refractivity contribution in [2.45, 2.75) is 71.4 Å². The second kappa shape index (κ2) is 11.3. The molecular formula is C29H39ClN6O3. The minimum Gasteiger partial charge on any atom is -0.508 e. The summed E-state index contributed by atoms with van der Waals surface area (Å²) in [5.74, 6) is 1.08. The van der Waals surface area contributed by atoms with Gasteiger partial charge in [0, 0.05) is 61.4 Å². The number of hydrogen-bond donors (Lipinski definition) is 1. The molecule has 210 valence electrons. The third-order valence-corrected chi connectivity index (χ3v) is 8.78. The maximum absolute atomic E-state index is 12.5. The van der Waals surface area contributed by atoms with Gasteiger partial charge in [0.1, 0.15) is 18.2 Å². The number of aromatic hydroxyl groups is 1. The Labute approximate surface area is 236 Å². The minimum absolute atomic E-state index is 0.00706. The van der Waals surface area contributed by atoms with Crippen molar-refractivity contribution in [1.82, 2.24) is 24.7 Å². The van der Waals surface area contributed by atoms with E-state index in [0.717, 1.165) is 41.2 Å². The van der Waals surface area contributed by atoms with E-state index in [1.54, 1.807) is 12.1 Å². The van der Waals surface area contributed by atoms with Gasteiger partial charge in [-0.3, -0.25) is 9.69 Å². The molecule has 3 aliphatic heterocycles. The van der Waals surface area contributed by atoms with Crippen LogP contribution in [0.5, 0.6) is 11.8 Å². The summed E-state index contributed by atoms with van der Waals surface area (Å²) >= 11 is 6.53. The molecule has 0 radical (unpaired) electrons. The predicted molar refractivity (Wildman–Crippen MR) is 152 cm³/mol. The molecule has 1 aromatic heterocycles. The van der Waals surface area contributed by atoms with E-state index in [9.17, 15) is 9.90 Å². The SMILES string of the molecule is C=CC(=O)N1[C@H](C)CN(c2nc(OC[C@@H]3CCCN3C)nc3c2CN(Cc2c(Cl)ccc(O)c2C)C3)C[C@H]1C. The first-order chi connectivity index (χ1) is 18.7. The molecule has 1 aromatic carbocycles. The summed E-state index contributed by atoms with van der Waals surface area (Å²) in [6.07, 6.45) is 3.68. The van der Waals surface area contributed by atoms with Crippen LogP contribution in [0.2, 0.25) is 5.02 Å². The number of anilines is 1. The van der Waals surface area contributed by atoms with Crippen LogP contribution in [-0.4, -0.2) is 87.1 Å². The van der Waals surface area contributed by atoms with Gasteiger partial charge in [-0.05, 0) is 76.5 Å². The molecule has 2 fully saturated rings. The molecule has 1 N–H and O–H groups in total. The van der Waals surface area contributed by atoms with Crippen molar-refractivity contribution in [3.8, 4) is 11.8 Å². The van der Waals surface area contributed by atoms with Gasteiger partial charge in [-0.2, -0.15) is 9.97 Å². The zero-order valence-electron chi connectivity index (χ0n) is 23.4. The second-order valence-electron chi connectivity index (χ2n) is 11.2. The Balaban J connectivity index is 1.43. The molecule has 2 aromatic rings. The number of phenols is 1. The average Bonchev–Trinajstić information content (AvgIpc) is 3.51. The fraction of sp³-hybridized carbons (Fsp3) is 0.552. The van der Waals surface area contributed by atoms with E-state index in [4.69, 9.17) is 26.3 Å². The largest absolute Gasteiger partial charge is 0.508 e. The molecule has 1 amide bonds. The lowest BCUT2D eigenvalue weighted by molar-refractivity contribution is -0.130. The Hall–Kier alpha value is -2.88. The summed E-state index contributed by atoms with van der Waals surface area (Å²) in [4.78, 5) is 31.1. The second-order valence-corrected chi connectivity index (χ2v) is 11.6. The highest BCUT2D eigenvalue weighted by Crippen LogP contribution is 2.36. The van der Waals surface area contributed by atoms with Gasteiger partial charge in [0.25, 0.3) is 0 Å². The molecule has 0 aliphatic carbocycles. The number of hydrogen-bond acceptors (Lipinski definition) is 8.